The molecule has 2 aliphatic carbocycles. The maximum atomic E-state index is 12.4. The van der Waals surface area contributed by atoms with Crippen molar-refractivity contribution in [1.29, 1.82) is 0 Å². The van der Waals surface area contributed by atoms with E-state index < -0.39 is 10.0 Å². The quantitative estimate of drug-likeness (QED) is 0.738. The Balaban J connectivity index is 1.60. The van der Waals surface area contributed by atoms with E-state index in [4.69, 9.17) is 4.98 Å². The van der Waals surface area contributed by atoms with Gasteiger partial charge in [0.2, 0.25) is 10.0 Å². The van der Waals surface area contributed by atoms with E-state index in [0.29, 0.717) is 25.9 Å². The first kappa shape index (κ1) is 17.6. The van der Waals surface area contributed by atoms with Crippen LogP contribution in [0.1, 0.15) is 48.7 Å². The van der Waals surface area contributed by atoms with E-state index in [0.717, 1.165) is 47.4 Å². The number of hydrogen-bond donors (Lipinski definition) is 0. The maximum absolute atomic E-state index is 12.4. The normalized spacial score (nSPS) is 19.7. The van der Waals surface area contributed by atoms with Gasteiger partial charge < -0.3 is 0 Å². The summed E-state index contributed by atoms with van der Waals surface area (Å²) in [4.78, 5) is 16.9. The summed E-state index contributed by atoms with van der Waals surface area (Å²) in [7, 11) is -3.20. The maximum Gasteiger partial charge on any atom is 0.214 e. The van der Waals surface area contributed by atoms with Gasteiger partial charge in [-0.05, 0) is 36.5 Å². The molecular formula is C20H24N2O3S. The van der Waals surface area contributed by atoms with Crippen LogP contribution in [0.15, 0.2) is 18.2 Å². The monoisotopic (exact) mass is 372 g/mol. The molecule has 0 aromatic carbocycles. The molecule has 0 saturated heterocycles. The second-order valence-corrected chi connectivity index (χ2v) is 9.47. The van der Waals surface area contributed by atoms with Gasteiger partial charge in [0.15, 0.2) is 0 Å². The van der Waals surface area contributed by atoms with Crippen LogP contribution in [0.25, 0.3) is 11.6 Å². The highest BCUT2D eigenvalue weighted by molar-refractivity contribution is 7.89. The fraction of sp³-hybridized carbons (Fsp3) is 0.500. The number of nitrogens with zero attached hydrogens (tertiary/aromatic N) is 2. The molecule has 26 heavy (non-hydrogen) atoms. The first-order valence-corrected chi connectivity index (χ1v) is 11.0. The molecule has 1 saturated carbocycles. The third kappa shape index (κ3) is 3.40. The van der Waals surface area contributed by atoms with Crippen LogP contribution < -0.4 is 0 Å². The summed E-state index contributed by atoms with van der Waals surface area (Å²) < 4.78 is 26.3. The highest BCUT2D eigenvalue weighted by Gasteiger charge is 2.31. The number of allylic oxidation sites excluding steroid dienone is 1. The Labute approximate surface area is 154 Å². The second kappa shape index (κ2) is 6.74. The van der Waals surface area contributed by atoms with Crippen molar-refractivity contribution >= 4 is 27.5 Å². The van der Waals surface area contributed by atoms with Crippen molar-refractivity contribution in [2.45, 2.75) is 39.0 Å². The number of hydrogen-bond acceptors (Lipinski definition) is 4. The van der Waals surface area contributed by atoms with Gasteiger partial charge in [-0.25, -0.2) is 8.42 Å². The number of sulfonamides is 1. The average molecular weight is 372 g/mol. The van der Waals surface area contributed by atoms with Gasteiger partial charge in [-0.15, -0.1) is 0 Å². The van der Waals surface area contributed by atoms with Crippen LogP contribution >= 0.6 is 0 Å². The van der Waals surface area contributed by atoms with Gasteiger partial charge in [0.1, 0.15) is 5.78 Å². The number of fused-ring (bicyclic) bond motifs is 1. The lowest BCUT2D eigenvalue weighted by molar-refractivity contribution is -0.119. The predicted octanol–water partition coefficient (Wildman–Crippen LogP) is 2.61. The third-order valence-corrected chi connectivity index (χ3v) is 7.25. The fourth-order valence-electron chi connectivity index (χ4n) is 3.71. The average Bonchev–Trinajstić information content (AvgIpc) is 3.14. The summed E-state index contributed by atoms with van der Waals surface area (Å²) in [5.41, 5.74) is 4.95. The lowest BCUT2D eigenvalue weighted by Crippen LogP contribution is -2.31. The first-order chi connectivity index (χ1) is 12.5. The summed E-state index contributed by atoms with van der Waals surface area (Å²) in [5, 5.41) is 0. The van der Waals surface area contributed by atoms with Gasteiger partial charge in [-0.2, -0.15) is 4.31 Å². The van der Waals surface area contributed by atoms with Crippen LogP contribution in [0.5, 0.6) is 0 Å². The summed E-state index contributed by atoms with van der Waals surface area (Å²) in [6.45, 7) is 2.71. The van der Waals surface area contributed by atoms with Gasteiger partial charge in [0.05, 0.1) is 11.4 Å². The van der Waals surface area contributed by atoms with Crippen molar-refractivity contribution < 1.29 is 13.2 Å². The fourth-order valence-corrected chi connectivity index (χ4v) is 5.12. The number of carbonyl (C=O) groups is 1. The minimum atomic E-state index is -3.20. The molecule has 0 atom stereocenters. The number of rotatable bonds is 7. The van der Waals surface area contributed by atoms with Crippen molar-refractivity contribution in [3.05, 3.63) is 40.7 Å². The van der Waals surface area contributed by atoms with Crippen molar-refractivity contribution in [3.63, 3.8) is 0 Å². The predicted molar refractivity (Wildman–Crippen MR) is 102 cm³/mol. The molecule has 0 amide bonds. The Bertz CT molecular complexity index is 911. The molecule has 0 unspecified atom stereocenters. The Morgan fingerprint density at radius 2 is 2.15 bits per heavy atom. The topological polar surface area (TPSA) is 67.3 Å². The smallest absolute Gasteiger partial charge is 0.214 e. The zero-order valence-corrected chi connectivity index (χ0v) is 15.9. The standard InChI is InChI=1S/C20H24N2O3S/c1-2-10-26(24,25)22-9-8-15(13-22)18-11-16(12-20(23)14-6-7-14)21-19-5-3-4-17(18)19/h3-4,8,11,14H,2,5-7,9-10,12-13H2,1H3. The number of carbonyl (C=O) groups excluding carboxylic acids is 1. The molecule has 3 aliphatic rings. The molecule has 1 aliphatic heterocycles. The van der Waals surface area contributed by atoms with Crippen molar-refractivity contribution in [1.82, 2.24) is 9.29 Å². The molecule has 0 bridgehead atoms. The van der Waals surface area contributed by atoms with Crippen LogP contribution in [0.4, 0.5) is 0 Å². The summed E-state index contributed by atoms with van der Waals surface area (Å²) >= 11 is 0. The summed E-state index contributed by atoms with van der Waals surface area (Å²) in [6, 6.07) is 2.00. The van der Waals surface area contributed by atoms with Crippen LogP contribution in [0, 0.1) is 5.92 Å². The van der Waals surface area contributed by atoms with E-state index in [-0.39, 0.29) is 17.5 Å². The zero-order chi connectivity index (χ0) is 18.3. The zero-order valence-electron chi connectivity index (χ0n) is 15.1. The molecule has 0 radical (unpaired) electrons. The highest BCUT2D eigenvalue weighted by Crippen LogP contribution is 2.34. The molecule has 1 fully saturated rings. The van der Waals surface area contributed by atoms with Crippen LogP contribution in [0.3, 0.4) is 0 Å². The van der Waals surface area contributed by atoms with Gasteiger partial charge in [-0.1, -0.05) is 25.2 Å². The minimum absolute atomic E-state index is 0.184. The number of ketones is 1. The Morgan fingerprint density at radius 3 is 2.88 bits per heavy atom. The number of pyridine rings is 1. The van der Waals surface area contributed by atoms with E-state index in [1.807, 2.05) is 19.1 Å². The lowest BCUT2D eigenvalue weighted by atomic mass is 9.98. The largest absolute Gasteiger partial charge is 0.299 e. The molecule has 0 spiro atoms. The SMILES string of the molecule is CCCS(=O)(=O)N1CC=C(c2cc(CC(=O)C3CC3)nc3c2C=CC3)C1. The van der Waals surface area contributed by atoms with Gasteiger partial charge in [0.25, 0.3) is 0 Å². The number of aromatic nitrogens is 1. The third-order valence-electron chi connectivity index (χ3n) is 5.26. The second-order valence-electron chi connectivity index (χ2n) is 7.38. The van der Waals surface area contributed by atoms with Gasteiger partial charge in [-0.3, -0.25) is 9.78 Å². The van der Waals surface area contributed by atoms with Crippen LogP contribution in [0.2, 0.25) is 0 Å². The molecular weight excluding hydrogens is 348 g/mol. The summed E-state index contributed by atoms with van der Waals surface area (Å²) in [6.07, 6.45) is 9.94. The molecule has 2 heterocycles. The Kier molecular flexibility index (Phi) is 4.57. The van der Waals surface area contributed by atoms with Gasteiger partial charge in [0, 0.05) is 43.1 Å². The first-order valence-electron chi connectivity index (χ1n) is 9.37. The van der Waals surface area contributed by atoms with Crippen molar-refractivity contribution in [2.24, 2.45) is 5.92 Å². The number of Topliss-reactive ketones (excluding diaryl/α,β-unsaturated/α-hetero) is 1. The van der Waals surface area contributed by atoms with E-state index in [1.54, 1.807) is 4.31 Å². The minimum Gasteiger partial charge on any atom is -0.299 e. The Hall–Kier alpha value is -1.79. The molecule has 6 heteroatoms. The van der Waals surface area contributed by atoms with E-state index in [1.165, 1.54) is 0 Å². The molecule has 1 aromatic heterocycles. The molecule has 138 valence electrons. The van der Waals surface area contributed by atoms with Crippen LogP contribution in [-0.2, 0) is 27.7 Å². The van der Waals surface area contributed by atoms with E-state index in [9.17, 15) is 13.2 Å². The highest BCUT2D eigenvalue weighted by atomic mass is 32.2. The van der Waals surface area contributed by atoms with Crippen molar-refractivity contribution in [3.8, 4) is 0 Å². The Morgan fingerprint density at radius 1 is 1.35 bits per heavy atom. The molecule has 5 nitrogen and oxygen atoms in total. The van der Waals surface area contributed by atoms with Crippen molar-refractivity contribution in [2.75, 3.05) is 18.8 Å². The molecule has 0 N–H and O–H groups in total. The lowest BCUT2D eigenvalue weighted by Gasteiger charge is -2.17. The van der Waals surface area contributed by atoms with E-state index >= 15 is 0 Å². The molecule has 4 rings (SSSR count). The van der Waals surface area contributed by atoms with Gasteiger partial charge >= 0.3 is 0 Å². The van der Waals surface area contributed by atoms with E-state index in [2.05, 4.69) is 12.2 Å². The molecule has 1 aromatic rings. The summed E-state index contributed by atoms with van der Waals surface area (Å²) in [5.74, 6) is 0.692. The van der Waals surface area contributed by atoms with Crippen LogP contribution in [-0.4, -0.2) is 42.3 Å².